The summed E-state index contributed by atoms with van der Waals surface area (Å²) in [5.41, 5.74) is 0.172. The lowest BCUT2D eigenvalue weighted by Gasteiger charge is -2.33. The Balaban J connectivity index is 1.67. The van der Waals surface area contributed by atoms with E-state index in [1.807, 2.05) is 0 Å². The van der Waals surface area contributed by atoms with Gasteiger partial charge in [-0.15, -0.1) is 6.42 Å². The van der Waals surface area contributed by atoms with Gasteiger partial charge < -0.3 is 20.5 Å². The second-order valence-electron chi connectivity index (χ2n) is 6.72. The predicted octanol–water partition coefficient (Wildman–Crippen LogP) is 2.53. The van der Waals surface area contributed by atoms with E-state index in [4.69, 9.17) is 22.8 Å². The van der Waals surface area contributed by atoms with Gasteiger partial charge in [0.1, 0.15) is 17.0 Å². The number of hydrogen-bond donors (Lipinski definition) is 3. The molecule has 0 radical (unpaired) electrons. The molecule has 1 aromatic carbocycles. The van der Waals surface area contributed by atoms with E-state index in [0.717, 1.165) is 0 Å². The largest absolute Gasteiger partial charge is 0.508 e. The summed E-state index contributed by atoms with van der Waals surface area (Å²) in [5.74, 6) is 1.85. The molecule has 0 aliphatic carbocycles. The van der Waals surface area contributed by atoms with Crippen LogP contribution in [0, 0.1) is 12.3 Å². The van der Waals surface area contributed by atoms with Crippen LogP contribution in [0.15, 0.2) is 36.5 Å². The van der Waals surface area contributed by atoms with Crippen LogP contribution in [-0.2, 0) is 16.0 Å². The van der Waals surface area contributed by atoms with Crippen molar-refractivity contribution in [1.82, 2.24) is 10.3 Å². The number of aromatic nitrogens is 1. The predicted molar refractivity (Wildman–Crippen MR) is 109 cm³/mol. The molecule has 2 heterocycles. The van der Waals surface area contributed by atoms with E-state index in [1.165, 1.54) is 30.5 Å². The number of anilines is 1. The van der Waals surface area contributed by atoms with Crippen LogP contribution >= 0.6 is 11.6 Å². The molecule has 1 aromatic heterocycles. The highest BCUT2D eigenvalue weighted by Gasteiger charge is 2.32. The number of ether oxygens (including phenoxy) is 1. The van der Waals surface area contributed by atoms with E-state index in [-0.39, 0.29) is 23.8 Å². The second-order valence-corrected chi connectivity index (χ2v) is 7.16. The minimum atomic E-state index is -0.764. The number of nitrogens with zero attached hydrogens (tertiary/aromatic N) is 1. The third-order valence-electron chi connectivity index (χ3n) is 4.64. The van der Waals surface area contributed by atoms with E-state index >= 15 is 0 Å². The van der Waals surface area contributed by atoms with Crippen molar-refractivity contribution >= 4 is 29.1 Å². The van der Waals surface area contributed by atoms with E-state index in [1.54, 1.807) is 6.07 Å². The first-order valence-electron chi connectivity index (χ1n) is 9.02. The Morgan fingerprint density at radius 1 is 1.28 bits per heavy atom. The van der Waals surface area contributed by atoms with Gasteiger partial charge in [-0.1, -0.05) is 17.5 Å². The number of phenols is 1. The zero-order valence-electron chi connectivity index (χ0n) is 15.6. The molecule has 3 N–H and O–H groups in total. The number of amides is 2. The number of halogens is 1. The average molecular weight is 414 g/mol. The summed E-state index contributed by atoms with van der Waals surface area (Å²) in [6, 6.07) is 7.52. The van der Waals surface area contributed by atoms with Crippen molar-refractivity contribution in [2.45, 2.75) is 24.8 Å². The Bertz CT molecular complexity index is 965. The Hall–Kier alpha value is -3.08. The van der Waals surface area contributed by atoms with Crippen LogP contribution in [0.5, 0.6) is 5.75 Å². The number of terminal acetylenes is 1. The number of rotatable bonds is 5. The van der Waals surface area contributed by atoms with Crippen LogP contribution in [-0.4, -0.2) is 40.7 Å². The van der Waals surface area contributed by atoms with Gasteiger partial charge in [-0.2, -0.15) is 0 Å². The normalized spacial score (nSPS) is 15.2. The average Bonchev–Trinajstić information content (AvgIpc) is 2.71. The Labute approximate surface area is 173 Å². The highest BCUT2D eigenvalue weighted by molar-refractivity contribution is 6.30. The second kappa shape index (κ2) is 8.95. The molecule has 0 unspecified atom stereocenters. The molecule has 3 rings (SSSR count). The third-order valence-corrected chi connectivity index (χ3v) is 4.88. The maximum atomic E-state index is 12.6. The molecule has 1 aliphatic heterocycles. The lowest BCUT2D eigenvalue weighted by atomic mass is 9.91. The Morgan fingerprint density at radius 3 is 2.76 bits per heavy atom. The van der Waals surface area contributed by atoms with Crippen molar-refractivity contribution in [2.75, 3.05) is 18.5 Å². The van der Waals surface area contributed by atoms with E-state index in [0.29, 0.717) is 42.3 Å². The molecule has 1 fully saturated rings. The van der Waals surface area contributed by atoms with Crippen LogP contribution in [0.2, 0.25) is 5.02 Å². The van der Waals surface area contributed by atoms with Crippen molar-refractivity contribution in [1.29, 1.82) is 0 Å². The Morgan fingerprint density at radius 2 is 2.03 bits per heavy atom. The van der Waals surface area contributed by atoms with Crippen LogP contribution in [0.25, 0.3) is 0 Å². The number of pyridine rings is 1. The van der Waals surface area contributed by atoms with Gasteiger partial charge >= 0.3 is 0 Å². The number of aromatic hydroxyl groups is 1. The van der Waals surface area contributed by atoms with Crippen molar-refractivity contribution in [3.8, 4) is 18.1 Å². The SMILES string of the molecule is C#CC1(NC(=O)c2cc(NC(=O)Cc3cc(Cl)ccc3O)ccn2)CCOCC1. The third kappa shape index (κ3) is 5.25. The quantitative estimate of drug-likeness (QED) is 0.654. The summed E-state index contributed by atoms with van der Waals surface area (Å²) in [7, 11) is 0. The number of carbonyl (C=O) groups is 2. The zero-order valence-corrected chi connectivity index (χ0v) is 16.3. The molecule has 0 saturated carbocycles. The van der Waals surface area contributed by atoms with Gasteiger partial charge in [-0.05, 0) is 30.3 Å². The molecule has 2 aromatic rings. The highest BCUT2D eigenvalue weighted by atomic mass is 35.5. The monoisotopic (exact) mass is 413 g/mol. The minimum Gasteiger partial charge on any atom is -0.508 e. The summed E-state index contributed by atoms with van der Waals surface area (Å²) < 4.78 is 5.31. The van der Waals surface area contributed by atoms with Gasteiger partial charge in [-0.3, -0.25) is 14.6 Å². The maximum absolute atomic E-state index is 12.6. The fraction of sp³-hybridized carbons (Fsp3) is 0.286. The summed E-state index contributed by atoms with van der Waals surface area (Å²) in [5, 5.41) is 15.8. The van der Waals surface area contributed by atoms with Gasteiger partial charge in [0.25, 0.3) is 5.91 Å². The molecule has 29 heavy (non-hydrogen) atoms. The molecular weight excluding hydrogens is 394 g/mol. The van der Waals surface area contributed by atoms with Crippen LogP contribution < -0.4 is 10.6 Å². The Kier molecular flexibility index (Phi) is 6.37. The van der Waals surface area contributed by atoms with Gasteiger partial charge in [0.2, 0.25) is 5.91 Å². The van der Waals surface area contributed by atoms with E-state index < -0.39 is 11.4 Å². The van der Waals surface area contributed by atoms with Crippen molar-refractivity contribution < 1.29 is 19.4 Å². The lowest BCUT2D eigenvalue weighted by Crippen LogP contribution is -2.51. The van der Waals surface area contributed by atoms with Gasteiger partial charge in [0.15, 0.2) is 0 Å². The van der Waals surface area contributed by atoms with Gasteiger partial charge in [0, 0.05) is 48.5 Å². The molecular formula is C21H20ClN3O4. The number of phenolic OH excluding ortho intramolecular Hbond substituents is 1. The molecule has 8 heteroatoms. The lowest BCUT2D eigenvalue weighted by molar-refractivity contribution is -0.115. The summed E-state index contributed by atoms with van der Waals surface area (Å²) >= 11 is 5.90. The van der Waals surface area contributed by atoms with Crippen LogP contribution in [0.4, 0.5) is 5.69 Å². The molecule has 7 nitrogen and oxygen atoms in total. The standard InChI is InChI=1S/C21H20ClN3O4/c1-2-21(6-9-29-10-7-21)25-20(28)17-13-16(5-8-23-17)24-19(27)12-14-11-15(22)3-4-18(14)26/h1,3-5,8,11,13,26H,6-7,9-10,12H2,(H,25,28)(H,23,24,27). The van der Waals surface area contributed by atoms with Crippen molar-refractivity contribution in [3.63, 3.8) is 0 Å². The van der Waals surface area contributed by atoms with Gasteiger partial charge in [-0.25, -0.2) is 0 Å². The fourth-order valence-corrected chi connectivity index (χ4v) is 3.21. The molecule has 150 valence electrons. The first-order valence-corrected chi connectivity index (χ1v) is 9.40. The van der Waals surface area contributed by atoms with E-state index in [9.17, 15) is 14.7 Å². The zero-order chi connectivity index (χ0) is 20.9. The van der Waals surface area contributed by atoms with Crippen molar-refractivity contribution in [2.24, 2.45) is 0 Å². The van der Waals surface area contributed by atoms with E-state index in [2.05, 4.69) is 21.5 Å². The molecule has 1 saturated heterocycles. The summed E-state index contributed by atoms with van der Waals surface area (Å²) in [6.07, 6.45) is 8.03. The fourth-order valence-electron chi connectivity index (χ4n) is 3.01. The molecule has 0 bridgehead atoms. The minimum absolute atomic E-state index is 0.0182. The first-order chi connectivity index (χ1) is 13.9. The molecule has 2 amide bonds. The molecule has 0 atom stereocenters. The molecule has 0 spiro atoms. The first kappa shape index (κ1) is 20.6. The number of carbonyl (C=O) groups excluding carboxylic acids is 2. The number of hydrogen-bond acceptors (Lipinski definition) is 5. The van der Waals surface area contributed by atoms with Crippen LogP contribution in [0.1, 0.15) is 28.9 Å². The smallest absolute Gasteiger partial charge is 0.271 e. The summed E-state index contributed by atoms with van der Waals surface area (Å²) in [4.78, 5) is 29.0. The maximum Gasteiger partial charge on any atom is 0.271 e. The van der Waals surface area contributed by atoms with Gasteiger partial charge in [0.05, 0.1) is 6.42 Å². The topological polar surface area (TPSA) is 101 Å². The highest BCUT2D eigenvalue weighted by Crippen LogP contribution is 2.23. The van der Waals surface area contributed by atoms with Crippen molar-refractivity contribution in [3.05, 3.63) is 52.8 Å². The molecule has 1 aliphatic rings. The summed E-state index contributed by atoms with van der Waals surface area (Å²) in [6.45, 7) is 0.953. The number of nitrogens with one attached hydrogen (secondary N) is 2. The van der Waals surface area contributed by atoms with Crippen LogP contribution in [0.3, 0.4) is 0 Å². The number of benzene rings is 1.